The van der Waals surface area contributed by atoms with Crippen molar-refractivity contribution in [1.29, 1.82) is 0 Å². The van der Waals surface area contributed by atoms with Crippen LogP contribution in [0.25, 0.3) is 261 Å². The quantitative estimate of drug-likeness (QED) is 0.0521. The lowest BCUT2D eigenvalue weighted by molar-refractivity contribution is 0.00578. The van der Waals surface area contributed by atoms with Gasteiger partial charge in [0.2, 0.25) is 0 Å². The zero-order valence-electron chi connectivity index (χ0n) is 75.7. The smallest absolute Gasteiger partial charge is 0.399 e. The van der Waals surface area contributed by atoms with Crippen LogP contribution in [0.3, 0.4) is 0 Å². The fraction of sp³-hybridized carbons (Fsp3) is 0.0687. The first-order valence-electron chi connectivity index (χ1n) is 47.6. The standard InChI is InChI=1S/C102H56.C22H21BO2.C6Br6.CH4/c1-7-55-19-25-67-37-49-79(73-43-31-61(13-1)85(55)91(67)73)97-98(80-50-38-68-26-20-56-8-2-14-62-32-44-74(80)92(68)86(56)62)100(82-52-40-70-28-22-58-10-4-16-64-34-46-76(82)94(70)88(58)64)102(84-54-42-72-30-24-60-12-6-18-66-36-48-78(84)96(72)90(60)66)101(83-53-41-71-29-23-59-11-5-17-65-35-47-77(83)95(71)89(59)65)99(97)81-51-39-69-27-21-57-9-3-15-63-33-45-75(81)93(69)87(57)63;1-21(2)22(3,4)25-23(24-21)18-13-11-16-9-8-14-6-5-7-15-10-12-17(18)20(16)19(14)15;7-1-2(8)4(10)6(12)5(11)3(1)9;/h1-55,67H;5-13H,1-4H3;;1H4. The molecule has 0 N–H and O–H groups in total. The van der Waals surface area contributed by atoms with Crippen LogP contribution in [0, 0.1) is 0 Å². The van der Waals surface area contributed by atoms with Gasteiger partial charge in [-0.1, -0.05) is 390 Å². The second-order valence-electron chi connectivity index (χ2n) is 39.4. The molecule has 27 aromatic carbocycles. The molecule has 0 amide bonds. The summed E-state index contributed by atoms with van der Waals surface area (Å²) in [5, 5.41) is 48.1. The van der Waals surface area contributed by atoms with E-state index in [1.807, 2.05) is 0 Å². The largest absolute Gasteiger partial charge is 0.495 e. The van der Waals surface area contributed by atoms with Crippen LogP contribution in [0.5, 0.6) is 0 Å². The van der Waals surface area contributed by atoms with Crippen LogP contribution >= 0.6 is 95.6 Å². The van der Waals surface area contributed by atoms with E-state index in [9.17, 15) is 0 Å². The van der Waals surface area contributed by atoms with E-state index in [4.69, 9.17) is 9.31 Å². The molecule has 140 heavy (non-hydrogen) atoms. The number of benzene rings is 27. The summed E-state index contributed by atoms with van der Waals surface area (Å²) in [5.41, 5.74) is 17.9. The van der Waals surface area contributed by atoms with Crippen molar-refractivity contribution in [2.75, 3.05) is 0 Å². The minimum atomic E-state index is -0.338. The Morgan fingerprint density at radius 2 is 0.464 bits per heavy atom. The van der Waals surface area contributed by atoms with Crippen LogP contribution in [-0.2, 0) is 9.31 Å². The Labute approximate surface area is 858 Å². The average Bonchev–Trinajstić information content (AvgIpc) is 0.748. The lowest BCUT2D eigenvalue weighted by atomic mass is 9.69. The van der Waals surface area contributed by atoms with E-state index in [0.29, 0.717) is 0 Å². The van der Waals surface area contributed by atoms with Crippen molar-refractivity contribution in [2.45, 2.75) is 58.2 Å². The van der Waals surface area contributed by atoms with Crippen LogP contribution in [0.4, 0.5) is 0 Å². The molecule has 0 spiro atoms. The van der Waals surface area contributed by atoms with Crippen LogP contribution in [-0.4, -0.2) is 18.3 Å². The summed E-state index contributed by atoms with van der Waals surface area (Å²) in [6.45, 7) is 8.40. The first kappa shape index (κ1) is 85.0. The van der Waals surface area contributed by atoms with Crippen LogP contribution in [0.2, 0.25) is 0 Å². The molecule has 3 aliphatic carbocycles. The SMILES string of the molecule is Brc1c(Br)c(Br)c(Br)c(Br)c1Br.C.C1=CC2C=CC3C=CC(c4c(-c5ccc6ccc7cccc8ccc5c6c78)c(-c5ccc6ccc7cccc8ccc5c6c78)c(-c5ccc6ccc7cccc8ccc5c6c78)c(-c5ccc6ccc7cccc8ccc5c6c78)c4-c4ccc5ccc6cccc7ccc4c5c67)=c4ccc(c2c43)=C1.CC1(C)OB(c2ccc3ccc4cccc5ccc2c3c45)OC1(C)C. The van der Waals surface area contributed by atoms with Gasteiger partial charge in [0.05, 0.1) is 11.2 Å². The van der Waals surface area contributed by atoms with Gasteiger partial charge in [-0.05, 0) is 411 Å². The van der Waals surface area contributed by atoms with E-state index < -0.39 is 0 Å². The molecule has 2 unspecified atom stereocenters. The average molecular weight is 2180 g/mol. The Balaban J connectivity index is 0.000000211. The Morgan fingerprint density at radius 1 is 0.229 bits per heavy atom. The maximum absolute atomic E-state index is 6.32. The van der Waals surface area contributed by atoms with Crippen molar-refractivity contribution in [3.63, 3.8) is 0 Å². The summed E-state index contributed by atoms with van der Waals surface area (Å²) in [6, 6.07) is 132. The van der Waals surface area contributed by atoms with Crippen LogP contribution < -0.4 is 15.9 Å². The molecular weight excluding hydrogens is 2100 g/mol. The Bertz CT molecular complexity index is 9820. The summed E-state index contributed by atoms with van der Waals surface area (Å²) in [6.07, 6.45) is 17.1. The van der Waals surface area contributed by atoms with E-state index in [0.717, 1.165) is 32.3 Å². The predicted molar refractivity (Wildman–Crippen MR) is 623 cm³/mol. The number of hydrogen-bond donors (Lipinski definition) is 0. The Morgan fingerprint density at radius 3 is 0.757 bits per heavy atom. The summed E-state index contributed by atoms with van der Waals surface area (Å²) in [5.74, 6) is 0.256. The zero-order chi connectivity index (χ0) is 92.8. The summed E-state index contributed by atoms with van der Waals surface area (Å²) >= 11 is 20.6. The topological polar surface area (TPSA) is 18.5 Å². The molecule has 2 nitrogen and oxygen atoms in total. The van der Waals surface area contributed by atoms with Gasteiger partial charge in [0.15, 0.2) is 0 Å². The highest BCUT2D eigenvalue weighted by molar-refractivity contribution is 9.16. The highest BCUT2D eigenvalue weighted by atomic mass is 79.9. The Hall–Kier alpha value is -13.0. The van der Waals surface area contributed by atoms with Gasteiger partial charge in [-0.2, -0.15) is 0 Å². The van der Waals surface area contributed by atoms with Gasteiger partial charge in [0, 0.05) is 38.7 Å². The fourth-order valence-electron chi connectivity index (χ4n) is 24.9. The van der Waals surface area contributed by atoms with Gasteiger partial charge in [0.25, 0.3) is 0 Å². The summed E-state index contributed by atoms with van der Waals surface area (Å²) in [7, 11) is -0.338. The molecule has 0 radical (unpaired) electrons. The van der Waals surface area contributed by atoms with Crippen LogP contribution in [0.15, 0.2) is 403 Å². The second kappa shape index (κ2) is 31.5. The number of hydrogen-bond acceptors (Lipinski definition) is 2. The lowest BCUT2D eigenvalue weighted by Crippen LogP contribution is -2.41. The van der Waals surface area contributed by atoms with Gasteiger partial charge in [-0.3, -0.25) is 0 Å². The number of allylic oxidation sites excluding steroid dienone is 6. The molecule has 4 aliphatic rings. The zero-order valence-corrected chi connectivity index (χ0v) is 85.2. The van der Waals surface area contributed by atoms with Crippen molar-refractivity contribution in [1.82, 2.24) is 0 Å². The van der Waals surface area contributed by atoms with Crippen molar-refractivity contribution < 1.29 is 9.31 Å². The normalized spacial score (nSPS) is 15.4. The summed E-state index contributed by atoms with van der Waals surface area (Å²) in [4.78, 5) is 0. The molecule has 31 rings (SSSR count). The maximum atomic E-state index is 6.32. The van der Waals surface area contributed by atoms with Crippen LogP contribution in [0.1, 0.15) is 63.6 Å². The molecule has 1 heterocycles. The predicted octanol–water partition coefficient (Wildman–Crippen LogP) is 38.1. The highest BCUT2D eigenvalue weighted by Gasteiger charge is 2.52. The minimum Gasteiger partial charge on any atom is -0.399 e. The van der Waals surface area contributed by atoms with Crippen molar-refractivity contribution in [2.24, 2.45) is 0 Å². The van der Waals surface area contributed by atoms with Gasteiger partial charge in [0.1, 0.15) is 0 Å². The molecule has 1 aliphatic heterocycles. The fourth-order valence-corrected chi connectivity index (χ4v) is 28.9. The first-order chi connectivity index (χ1) is 67.9. The third kappa shape index (κ3) is 12.2. The first-order valence-corrected chi connectivity index (χ1v) is 52.4. The Kier molecular flexibility index (Phi) is 19.1. The number of halogens is 6. The number of rotatable bonds is 7. The van der Waals surface area contributed by atoms with E-state index in [2.05, 4.69) is 506 Å². The third-order valence-corrected chi connectivity index (χ3v) is 39.8. The molecule has 662 valence electrons. The molecule has 1 saturated heterocycles. The third-order valence-electron chi connectivity index (χ3n) is 31.9. The molecule has 27 aromatic rings. The monoisotopic (exact) mass is 2170 g/mol. The highest BCUT2D eigenvalue weighted by Crippen LogP contribution is 2.62. The van der Waals surface area contributed by atoms with E-state index in [-0.39, 0.29) is 37.6 Å². The molecule has 0 aromatic heterocycles. The molecule has 0 saturated carbocycles. The van der Waals surface area contributed by atoms with E-state index in [1.54, 1.807) is 0 Å². The van der Waals surface area contributed by atoms with Crippen molar-refractivity contribution >= 4 is 314 Å². The van der Waals surface area contributed by atoms with Gasteiger partial charge >= 0.3 is 7.12 Å². The van der Waals surface area contributed by atoms with E-state index >= 15 is 0 Å². The van der Waals surface area contributed by atoms with Crippen molar-refractivity contribution in [3.05, 3.63) is 430 Å². The minimum absolute atomic E-state index is 0. The maximum Gasteiger partial charge on any atom is 0.495 e. The molecule has 2 atom stereocenters. The second-order valence-corrected chi connectivity index (χ2v) is 44.1. The molecule has 9 heteroatoms. The lowest BCUT2D eigenvalue weighted by Gasteiger charge is -2.34. The van der Waals surface area contributed by atoms with Gasteiger partial charge in [-0.15, -0.1) is 0 Å². The molecule has 1 fully saturated rings. The van der Waals surface area contributed by atoms with Gasteiger partial charge in [-0.25, -0.2) is 0 Å². The van der Waals surface area contributed by atoms with Gasteiger partial charge < -0.3 is 9.31 Å². The molecule has 0 bridgehead atoms. The van der Waals surface area contributed by atoms with E-state index in [1.165, 1.54) is 282 Å². The van der Waals surface area contributed by atoms with Crippen molar-refractivity contribution in [3.8, 4) is 55.6 Å². The molecular formula is C131H81BBr6O2. The summed E-state index contributed by atoms with van der Waals surface area (Å²) < 4.78 is 18.5.